The zero-order valence-electron chi connectivity index (χ0n) is 15.7. The zero-order valence-corrected chi connectivity index (χ0v) is 16.5. The predicted octanol–water partition coefficient (Wildman–Crippen LogP) is 0.993. The van der Waals surface area contributed by atoms with Gasteiger partial charge in [0.15, 0.2) is 5.78 Å². The van der Waals surface area contributed by atoms with Crippen molar-refractivity contribution < 1.29 is 27.5 Å². The molecule has 3 rings (SSSR count). The van der Waals surface area contributed by atoms with E-state index in [4.69, 9.17) is 9.88 Å². The molecule has 1 saturated heterocycles. The molecule has 0 saturated carbocycles. The van der Waals surface area contributed by atoms with Crippen LogP contribution in [0.5, 0.6) is 5.75 Å². The number of benzene rings is 2. The van der Waals surface area contributed by atoms with Gasteiger partial charge in [-0.3, -0.25) is 14.5 Å². The number of sulfonamides is 1. The van der Waals surface area contributed by atoms with Crippen molar-refractivity contribution >= 4 is 27.7 Å². The molecule has 29 heavy (non-hydrogen) atoms. The highest BCUT2D eigenvalue weighted by Gasteiger charge is 2.49. The second-order valence-electron chi connectivity index (χ2n) is 6.67. The molecular weight excluding hydrogens is 398 g/mol. The van der Waals surface area contributed by atoms with E-state index < -0.39 is 39.8 Å². The standard InChI is InChI=1S/C19H19N3O6S/c1-19(13-5-9-15(10-6-13)29(20,26)27)17(24)22(18(25)21-19)11-16(23)12-3-7-14(28-2)8-4-12/h3-10H,11H2,1-2H3,(H,21,25)(H2,20,26,27). The van der Waals surface area contributed by atoms with Crippen LogP contribution >= 0.6 is 0 Å². The molecule has 2 aromatic rings. The summed E-state index contributed by atoms with van der Waals surface area (Å²) in [6.45, 7) is 1.05. The summed E-state index contributed by atoms with van der Waals surface area (Å²) in [5.74, 6) is -0.454. The topological polar surface area (TPSA) is 136 Å². The normalized spacial score (nSPS) is 19.2. The Hall–Kier alpha value is -3.24. The van der Waals surface area contributed by atoms with E-state index in [-0.39, 0.29) is 4.90 Å². The molecule has 3 N–H and O–H groups in total. The number of urea groups is 1. The van der Waals surface area contributed by atoms with Gasteiger partial charge in [-0.15, -0.1) is 0 Å². The third-order valence-electron chi connectivity index (χ3n) is 4.75. The molecule has 10 heteroatoms. The summed E-state index contributed by atoms with van der Waals surface area (Å²) in [4.78, 5) is 38.5. The molecule has 3 amide bonds. The summed E-state index contributed by atoms with van der Waals surface area (Å²) in [6.07, 6.45) is 0. The van der Waals surface area contributed by atoms with Gasteiger partial charge < -0.3 is 10.1 Å². The number of nitrogens with zero attached hydrogens (tertiary/aromatic N) is 1. The third kappa shape index (κ3) is 3.84. The number of nitrogens with two attached hydrogens (primary N) is 1. The molecule has 9 nitrogen and oxygen atoms in total. The molecule has 2 aromatic carbocycles. The summed E-state index contributed by atoms with van der Waals surface area (Å²) in [5, 5.41) is 7.64. The van der Waals surface area contributed by atoms with Gasteiger partial charge in [-0.05, 0) is 48.9 Å². The quantitative estimate of drug-likeness (QED) is 0.531. The summed E-state index contributed by atoms with van der Waals surface area (Å²) in [5.41, 5.74) is -0.742. The number of rotatable bonds is 6. The van der Waals surface area contributed by atoms with Crippen molar-refractivity contribution in [2.75, 3.05) is 13.7 Å². The van der Waals surface area contributed by atoms with Crippen LogP contribution in [0.25, 0.3) is 0 Å². The van der Waals surface area contributed by atoms with Crippen LogP contribution in [0.3, 0.4) is 0 Å². The van der Waals surface area contributed by atoms with Gasteiger partial charge in [0.1, 0.15) is 11.3 Å². The van der Waals surface area contributed by atoms with Crippen LogP contribution in [-0.4, -0.2) is 44.7 Å². The van der Waals surface area contributed by atoms with E-state index in [1.807, 2.05) is 0 Å². The Morgan fingerprint density at radius 3 is 2.21 bits per heavy atom. The van der Waals surface area contributed by atoms with Crippen LogP contribution in [0.15, 0.2) is 53.4 Å². The number of primary sulfonamides is 1. The van der Waals surface area contributed by atoms with Crippen molar-refractivity contribution in [2.45, 2.75) is 17.4 Å². The molecule has 1 atom stereocenters. The van der Waals surface area contributed by atoms with Crippen LogP contribution in [0.4, 0.5) is 4.79 Å². The lowest BCUT2D eigenvalue weighted by Gasteiger charge is -2.22. The van der Waals surface area contributed by atoms with Gasteiger partial charge in [0, 0.05) is 5.56 Å². The average Bonchev–Trinajstić information content (AvgIpc) is 2.91. The number of carbonyl (C=O) groups is 3. The van der Waals surface area contributed by atoms with Gasteiger partial charge in [0.25, 0.3) is 5.91 Å². The van der Waals surface area contributed by atoms with Gasteiger partial charge >= 0.3 is 6.03 Å². The lowest BCUT2D eigenvalue weighted by Crippen LogP contribution is -2.41. The van der Waals surface area contributed by atoms with Crippen LogP contribution in [0, 0.1) is 0 Å². The number of methoxy groups -OCH3 is 1. The fourth-order valence-electron chi connectivity index (χ4n) is 3.03. The Bertz CT molecular complexity index is 1080. The van der Waals surface area contributed by atoms with Crippen LogP contribution < -0.4 is 15.2 Å². The highest BCUT2D eigenvalue weighted by Crippen LogP contribution is 2.29. The van der Waals surface area contributed by atoms with Crippen LogP contribution in [0.2, 0.25) is 0 Å². The molecule has 0 spiro atoms. The first-order valence-corrected chi connectivity index (χ1v) is 10.1. The second-order valence-corrected chi connectivity index (χ2v) is 8.23. The number of hydrogen-bond acceptors (Lipinski definition) is 6. The highest BCUT2D eigenvalue weighted by atomic mass is 32.2. The van der Waals surface area contributed by atoms with Gasteiger partial charge in [-0.25, -0.2) is 18.4 Å². The van der Waals surface area contributed by atoms with Crippen molar-refractivity contribution in [1.82, 2.24) is 10.2 Å². The number of nitrogens with one attached hydrogen (secondary N) is 1. The molecular formula is C19H19N3O6S. The summed E-state index contributed by atoms with van der Waals surface area (Å²) < 4.78 is 27.8. The molecule has 0 radical (unpaired) electrons. The smallest absolute Gasteiger partial charge is 0.325 e. The number of amides is 3. The average molecular weight is 417 g/mol. The minimum Gasteiger partial charge on any atom is -0.497 e. The number of Topliss-reactive ketones (excluding diaryl/α,β-unsaturated/α-hetero) is 1. The largest absolute Gasteiger partial charge is 0.497 e. The van der Waals surface area contributed by atoms with Crippen molar-refractivity contribution in [3.63, 3.8) is 0 Å². The first-order chi connectivity index (χ1) is 13.6. The minimum absolute atomic E-state index is 0.117. The first-order valence-electron chi connectivity index (χ1n) is 8.51. The van der Waals surface area contributed by atoms with Gasteiger partial charge in [0.2, 0.25) is 10.0 Å². The Morgan fingerprint density at radius 2 is 1.69 bits per heavy atom. The lowest BCUT2D eigenvalue weighted by molar-refractivity contribution is -0.130. The van der Waals surface area contributed by atoms with Crippen molar-refractivity contribution in [2.24, 2.45) is 5.14 Å². The van der Waals surface area contributed by atoms with Crippen molar-refractivity contribution in [3.8, 4) is 5.75 Å². The van der Waals surface area contributed by atoms with Gasteiger partial charge in [-0.1, -0.05) is 12.1 Å². The fraction of sp³-hybridized carbons (Fsp3) is 0.211. The van der Waals surface area contributed by atoms with Gasteiger partial charge in [-0.2, -0.15) is 0 Å². The molecule has 152 valence electrons. The fourth-order valence-corrected chi connectivity index (χ4v) is 3.54. The Morgan fingerprint density at radius 1 is 1.10 bits per heavy atom. The molecule has 1 aliphatic rings. The predicted molar refractivity (Wildman–Crippen MR) is 103 cm³/mol. The molecule has 0 bridgehead atoms. The molecule has 1 fully saturated rings. The second kappa shape index (κ2) is 7.30. The van der Waals surface area contributed by atoms with E-state index in [0.717, 1.165) is 4.90 Å². The van der Waals surface area contributed by atoms with E-state index in [9.17, 15) is 22.8 Å². The number of carbonyl (C=O) groups excluding carboxylic acids is 3. The Balaban J connectivity index is 1.82. The maximum absolute atomic E-state index is 12.9. The van der Waals surface area contributed by atoms with E-state index in [0.29, 0.717) is 16.9 Å². The third-order valence-corrected chi connectivity index (χ3v) is 5.68. The minimum atomic E-state index is -3.89. The van der Waals surface area contributed by atoms with E-state index in [2.05, 4.69) is 5.32 Å². The molecule has 1 unspecified atom stereocenters. The van der Waals surface area contributed by atoms with E-state index >= 15 is 0 Å². The number of imide groups is 1. The summed E-state index contributed by atoms with van der Waals surface area (Å²) in [7, 11) is -2.39. The monoisotopic (exact) mass is 417 g/mol. The van der Waals surface area contributed by atoms with Crippen LogP contribution in [-0.2, 0) is 20.4 Å². The van der Waals surface area contributed by atoms with Gasteiger partial charge in [0.05, 0.1) is 18.6 Å². The summed E-state index contributed by atoms with van der Waals surface area (Å²) in [6, 6.07) is 10.9. The van der Waals surface area contributed by atoms with Crippen LogP contribution in [0.1, 0.15) is 22.8 Å². The lowest BCUT2D eigenvalue weighted by atomic mass is 9.92. The molecule has 0 aromatic heterocycles. The van der Waals surface area contributed by atoms with E-state index in [1.54, 1.807) is 24.3 Å². The molecule has 1 aliphatic heterocycles. The summed E-state index contributed by atoms with van der Waals surface area (Å²) >= 11 is 0. The number of hydrogen-bond donors (Lipinski definition) is 2. The SMILES string of the molecule is COc1ccc(C(=O)CN2C(=O)NC(C)(c3ccc(S(N)(=O)=O)cc3)C2=O)cc1. The number of ether oxygens (including phenoxy) is 1. The molecule has 0 aliphatic carbocycles. The maximum atomic E-state index is 12.9. The Kier molecular flexibility index (Phi) is 5.16. The van der Waals surface area contributed by atoms with Crippen molar-refractivity contribution in [1.29, 1.82) is 0 Å². The first kappa shape index (κ1) is 20.5. The highest BCUT2D eigenvalue weighted by molar-refractivity contribution is 7.89. The van der Waals surface area contributed by atoms with E-state index in [1.165, 1.54) is 38.3 Å². The maximum Gasteiger partial charge on any atom is 0.325 e. The van der Waals surface area contributed by atoms with Crippen molar-refractivity contribution in [3.05, 3.63) is 59.7 Å². The Labute approximate surface area is 167 Å². The zero-order chi connectivity index (χ0) is 21.4. The molecule has 1 heterocycles. The number of ketones is 1.